The first-order valence-corrected chi connectivity index (χ1v) is 6.17. The van der Waals surface area contributed by atoms with E-state index in [0.717, 1.165) is 24.8 Å². The molecule has 1 heterocycles. The van der Waals surface area contributed by atoms with Crippen LogP contribution in [0.15, 0.2) is 12.1 Å². The summed E-state index contributed by atoms with van der Waals surface area (Å²) >= 11 is 0. The van der Waals surface area contributed by atoms with Gasteiger partial charge in [0.15, 0.2) is 0 Å². The van der Waals surface area contributed by atoms with Crippen LogP contribution in [0.5, 0.6) is 0 Å². The normalized spacial score (nSPS) is 25.3. The molecule has 18 heavy (non-hydrogen) atoms. The number of hydrogen-bond donors (Lipinski definition) is 1. The molecule has 94 valence electrons. The number of carbonyl (C=O) groups excluding carboxylic acids is 1. The Balaban J connectivity index is 2.13. The van der Waals surface area contributed by atoms with Gasteiger partial charge in [0, 0.05) is 17.5 Å². The highest BCUT2D eigenvalue weighted by molar-refractivity contribution is 5.97. The number of rotatable bonds is 1. The van der Waals surface area contributed by atoms with E-state index in [2.05, 4.69) is 5.32 Å². The topological polar surface area (TPSA) is 72.2 Å². The van der Waals surface area contributed by atoms with E-state index in [-0.39, 0.29) is 23.4 Å². The van der Waals surface area contributed by atoms with E-state index in [4.69, 9.17) is 0 Å². The molecule has 1 aromatic rings. The number of hydrogen-bond acceptors (Lipinski definition) is 3. The maximum atomic E-state index is 11.9. The largest absolute Gasteiger partial charge is 0.325 e. The van der Waals surface area contributed by atoms with Crippen LogP contribution in [0, 0.1) is 23.0 Å². The van der Waals surface area contributed by atoms with Crippen LogP contribution in [0.3, 0.4) is 0 Å². The Hall–Kier alpha value is -1.91. The molecule has 0 aromatic heterocycles. The van der Waals surface area contributed by atoms with E-state index in [1.54, 1.807) is 6.92 Å². The van der Waals surface area contributed by atoms with Gasteiger partial charge in [0.25, 0.3) is 5.69 Å². The van der Waals surface area contributed by atoms with E-state index in [9.17, 15) is 14.9 Å². The monoisotopic (exact) mass is 246 g/mol. The third-order valence-corrected chi connectivity index (χ3v) is 4.07. The average Bonchev–Trinajstić information content (AvgIpc) is 2.79. The lowest BCUT2D eigenvalue weighted by Crippen LogP contribution is -2.30. The predicted octanol–water partition coefficient (Wildman–Crippen LogP) is 2.74. The van der Waals surface area contributed by atoms with Gasteiger partial charge in [-0.3, -0.25) is 14.9 Å². The van der Waals surface area contributed by atoms with Crippen molar-refractivity contribution < 1.29 is 9.72 Å². The van der Waals surface area contributed by atoms with Gasteiger partial charge in [-0.2, -0.15) is 0 Å². The molecular formula is C13H14N2O3. The van der Waals surface area contributed by atoms with Gasteiger partial charge in [0.1, 0.15) is 0 Å². The fourth-order valence-corrected chi connectivity index (χ4v) is 3.20. The number of benzene rings is 1. The molecule has 1 aromatic carbocycles. The molecule has 3 rings (SSSR count). The van der Waals surface area contributed by atoms with Crippen LogP contribution in [0.4, 0.5) is 11.4 Å². The number of carbonyl (C=O) groups is 1. The highest BCUT2D eigenvalue weighted by atomic mass is 16.6. The van der Waals surface area contributed by atoms with E-state index in [1.807, 2.05) is 6.07 Å². The third-order valence-electron chi connectivity index (χ3n) is 4.07. The summed E-state index contributed by atoms with van der Waals surface area (Å²) in [7, 11) is 0. The van der Waals surface area contributed by atoms with Crippen molar-refractivity contribution in [2.75, 3.05) is 5.32 Å². The van der Waals surface area contributed by atoms with Gasteiger partial charge in [0.2, 0.25) is 5.91 Å². The van der Waals surface area contributed by atoms with Crippen LogP contribution in [0.1, 0.15) is 36.3 Å². The summed E-state index contributed by atoms with van der Waals surface area (Å²) in [5, 5.41) is 13.7. The molecule has 0 spiro atoms. The van der Waals surface area contributed by atoms with Gasteiger partial charge >= 0.3 is 0 Å². The lowest BCUT2D eigenvalue weighted by atomic mass is 9.83. The number of nitro benzene ring substituents is 1. The number of anilines is 1. The zero-order valence-electron chi connectivity index (χ0n) is 10.1. The fraction of sp³-hybridized carbons (Fsp3) is 0.462. The molecule has 5 nitrogen and oxygen atoms in total. The maximum absolute atomic E-state index is 11.9. The molecule has 1 saturated carbocycles. The zero-order chi connectivity index (χ0) is 12.9. The Morgan fingerprint density at radius 3 is 2.78 bits per heavy atom. The van der Waals surface area contributed by atoms with Gasteiger partial charge in [-0.1, -0.05) is 6.42 Å². The molecule has 1 aliphatic heterocycles. The maximum Gasteiger partial charge on any atom is 0.274 e. The van der Waals surface area contributed by atoms with Gasteiger partial charge < -0.3 is 5.32 Å². The van der Waals surface area contributed by atoms with Crippen molar-refractivity contribution in [2.45, 2.75) is 32.1 Å². The second-order valence-corrected chi connectivity index (χ2v) is 5.12. The van der Waals surface area contributed by atoms with Crippen molar-refractivity contribution in [3.05, 3.63) is 33.4 Å². The SMILES string of the molecule is Cc1cc2c(cc1[N+](=O)[O-])NC(=O)C1CCCC21. The number of fused-ring (bicyclic) bond motifs is 3. The van der Waals surface area contributed by atoms with E-state index in [0.29, 0.717) is 11.3 Å². The summed E-state index contributed by atoms with van der Waals surface area (Å²) in [6.45, 7) is 1.75. The summed E-state index contributed by atoms with van der Waals surface area (Å²) in [4.78, 5) is 22.4. The minimum Gasteiger partial charge on any atom is -0.325 e. The molecule has 1 aliphatic carbocycles. The van der Waals surface area contributed by atoms with E-state index >= 15 is 0 Å². The van der Waals surface area contributed by atoms with Crippen molar-refractivity contribution >= 4 is 17.3 Å². The summed E-state index contributed by atoms with van der Waals surface area (Å²) < 4.78 is 0. The summed E-state index contributed by atoms with van der Waals surface area (Å²) in [5.41, 5.74) is 2.44. The third kappa shape index (κ3) is 1.50. The van der Waals surface area contributed by atoms with Gasteiger partial charge in [-0.15, -0.1) is 0 Å². The Morgan fingerprint density at radius 1 is 1.33 bits per heavy atom. The quantitative estimate of drug-likeness (QED) is 0.611. The predicted molar refractivity (Wildman–Crippen MR) is 66.5 cm³/mol. The minimum atomic E-state index is -0.400. The molecule has 1 N–H and O–H groups in total. The van der Waals surface area contributed by atoms with Crippen molar-refractivity contribution in [3.8, 4) is 0 Å². The van der Waals surface area contributed by atoms with Crippen LogP contribution in [0.2, 0.25) is 0 Å². The van der Waals surface area contributed by atoms with Crippen molar-refractivity contribution in [1.29, 1.82) is 0 Å². The summed E-state index contributed by atoms with van der Waals surface area (Å²) in [6, 6.07) is 3.37. The second kappa shape index (κ2) is 3.80. The van der Waals surface area contributed by atoms with E-state index in [1.165, 1.54) is 6.07 Å². The molecule has 0 radical (unpaired) electrons. The standard InChI is InChI=1S/C13H14N2O3/c1-7-5-10-8-3-2-4-9(8)13(16)14-11(10)6-12(7)15(17)18/h5-6,8-9H,2-4H2,1H3,(H,14,16). The van der Waals surface area contributed by atoms with Crippen molar-refractivity contribution in [1.82, 2.24) is 0 Å². The molecule has 5 heteroatoms. The van der Waals surface area contributed by atoms with Crippen LogP contribution in [-0.4, -0.2) is 10.8 Å². The summed E-state index contributed by atoms with van der Waals surface area (Å²) in [6.07, 6.45) is 2.98. The second-order valence-electron chi connectivity index (χ2n) is 5.12. The molecule has 0 saturated heterocycles. The Bertz CT molecular complexity index is 553. The number of nitrogens with one attached hydrogen (secondary N) is 1. The van der Waals surface area contributed by atoms with E-state index < -0.39 is 4.92 Å². The highest BCUT2D eigenvalue weighted by Gasteiger charge is 2.39. The first kappa shape index (κ1) is 11.2. The minimum absolute atomic E-state index is 0.0168. The van der Waals surface area contributed by atoms with Crippen LogP contribution < -0.4 is 5.32 Å². The Labute approximate surface area is 104 Å². The molecule has 2 atom stereocenters. The van der Waals surface area contributed by atoms with Crippen molar-refractivity contribution in [2.24, 2.45) is 5.92 Å². The first-order chi connectivity index (χ1) is 8.58. The van der Waals surface area contributed by atoms with Crippen LogP contribution >= 0.6 is 0 Å². The fourth-order valence-electron chi connectivity index (χ4n) is 3.20. The highest BCUT2D eigenvalue weighted by Crippen LogP contribution is 2.47. The molecule has 1 fully saturated rings. The van der Waals surface area contributed by atoms with Gasteiger partial charge in [0.05, 0.1) is 10.6 Å². The number of nitrogens with zero attached hydrogens (tertiary/aromatic N) is 1. The molecule has 2 unspecified atom stereocenters. The average molecular weight is 246 g/mol. The molecule has 0 bridgehead atoms. The van der Waals surface area contributed by atoms with Crippen molar-refractivity contribution in [3.63, 3.8) is 0 Å². The number of amides is 1. The molecule has 1 amide bonds. The van der Waals surface area contributed by atoms with Gasteiger partial charge in [-0.25, -0.2) is 0 Å². The first-order valence-electron chi connectivity index (χ1n) is 6.17. The number of aryl methyl sites for hydroxylation is 1. The summed E-state index contributed by atoms with van der Waals surface area (Å²) in [5.74, 6) is 0.315. The number of nitro groups is 1. The lowest BCUT2D eigenvalue weighted by molar-refractivity contribution is -0.385. The smallest absolute Gasteiger partial charge is 0.274 e. The molecule has 2 aliphatic rings. The van der Waals surface area contributed by atoms with Crippen LogP contribution in [-0.2, 0) is 4.79 Å². The Morgan fingerprint density at radius 2 is 2.06 bits per heavy atom. The Kier molecular flexibility index (Phi) is 2.36. The zero-order valence-corrected chi connectivity index (χ0v) is 10.1. The molecular weight excluding hydrogens is 232 g/mol. The lowest BCUT2D eigenvalue weighted by Gasteiger charge is -2.28. The van der Waals surface area contributed by atoms with Crippen LogP contribution in [0.25, 0.3) is 0 Å². The van der Waals surface area contributed by atoms with Gasteiger partial charge in [-0.05, 0) is 37.3 Å².